The molecular weight excluding hydrogens is 556 g/mol. The van der Waals surface area contributed by atoms with Gasteiger partial charge in [-0.3, -0.25) is 0 Å². The molecule has 2 saturated heterocycles. The number of rotatable bonds is 4. The minimum atomic E-state index is -1.40. The summed E-state index contributed by atoms with van der Waals surface area (Å²) in [5.41, 5.74) is 1.35. The van der Waals surface area contributed by atoms with Gasteiger partial charge < -0.3 is 23.7 Å². The van der Waals surface area contributed by atoms with Gasteiger partial charge in [0.2, 0.25) is 0 Å². The zero-order chi connectivity index (χ0) is 30.1. The molecule has 0 amide bonds. The van der Waals surface area contributed by atoms with Crippen molar-refractivity contribution in [2.24, 2.45) is 17.8 Å². The number of hydrogen-bond donors (Lipinski definition) is 0. The van der Waals surface area contributed by atoms with Gasteiger partial charge in [-0.25, -0.2) is 9.59 Å². The third kappa shape index (κ3) is 2.71. The van der Waals surface area contributed by atoms with E-state index < -0.39 is 35.0 Å². The standard InChI is InChI=1S/C37H32O7/c1-40-32-21-11-7-8-12-22(21)33(41-2)28-25-17-24(27(28)32)30-31(25)37(35(39)43-4)29-23-16-19-10-6-5-9-18(19)15-20(23)13-14-26(29)36(30,44-37)34(38)42-3/h5-16,24-26,29-31H,17H2,1-4H3/t24-,25+,26+,29-,30-,31+,36-,37-/m1/s1. The quantitative estimate of drug-likeness (QED) is 0.266. The summed E-state index contributed by atoms with van der Waals surface area (Å²) < 4.78 is 30.6. The highest BCUT2D eigenvalue weighted by Gasteiger charge is 2.86. The van der Waals surface area contributed by atoms with Crippen LogP contribution >= 0.6 is 0 Å². The van der Waals surface area contributed by atoms with Gasteiger partial charge in [0.15, 0.2) is 11.2 Å². The summed E-state index contributed by atoms with van der Waals surface area (Å²) in [6, 6.07) is 20.6. The number of methoxy groups -OCH3 is 4. The van der Waals surface area contributed by atoms with E-state index in [1.54, 1.807) is 14.2 Å². The molecule has 8 atom stereocenters. The molecule has 5 aliphatic rings. The molecule has 0 aromatic heterocycles. The van der Waals surface area contributed by atoms with E-state index in [4.69, 9.17) is 23.7 Å². The number of ether oxygens (including phenoxy) is 5. The monoisotopic (exact) mass is 588 g/mol. The summed E-state index contributed by atoms with van der Waals surface area (Å²) in [5, 5.41) is 4.11. The Morgan fingerprint density at radius 3 is 1.89 bits per heavy atom. The Kier molecular flexibility index (Phi) is 5.12. The summed E-state index contributed by atoms with van der Waals surface area (Å²) >= 11 is 0. The first-order valence-electron chi connectivity index (χ1n) is 15.2. The molecule has 4 aromatic rings. The average Bonchev–Trinajstić information content (AvgIpc) is 3.81. The zero-order valence-corrected chi connectivity index (χ0v) is 25.0. The van der Waals surface area contributed by atoms with Crippen molar-refractivity contribution in [3.05, 3.63) is 89.0 Å². The molecule has 0 radical (unpaired) electrons. The first-order chi connectivity index (χ1) is 21.5. The number of carbonyl (C=O) groups is 2. The second-order valence-corrected chi connectivity index (χ2v) is 12.8. The normalized spacial score (nSPS) is 33.1. The molecule has 2 aliphatic heterocycles. The molecule has 4 aromatic carbocycles. The van der Waals surface area contributed by atoms with Gasteiger partial charge in [-0.15, -0.1) is 0 Å². The van der Waals surface area contributed by atoms with Crippen LogP contribution in [0.15, 0.2) is 66.7 Å². The molecule has 0 unspecified atom stereocenters. The molecule has 9 rings (SSSR count). The minimum absolute atomic E-state index is 0.105. The third-order valence-electron chi connectivity index (χ3n) is 11.5. The van der Waals surface area contributed by atoms with Crippen molar-refractivity contribution in [3.8, 4) is 11.5 Å². The lowest BCUT2D eigenvalue weighted by atomic mass is 9.50. The number of esters is 2. The van der Waals surface area contributed by atoms with E-state index in [1.165, 1.54) is 14.2 Å². The van der Waals surface area contributed by atoms with Crippen molar-refractivity contribution < 1.29 is 33.3 Å². The summed E-state index contributed by atoms with van der Waals surface area (Å²) in [6.45, 7) is 0. The van der Waals surface area contributed by atoms with Crippen LogP contribution in [-0.2, 0) is 23.8 Å². The van der Waals surface area contributed by atoms with E-state index in [0.717, 1.165) is 61.7 Å². The number of benzene rings is 4. The van der Waals surface area contributed by atoms with Crippen molar-refractivity contribution in [2.45, 2.75) is 35.4 Å². The summed E-state index contributed by atoms with van der Waals surface area (Å²) in [5.74, 6) is -1.02. The topological polar surface area (TPSA) is 80.3 Å². The lowest BCUT2D eigenvalue weighted by Crippen LogP contribution is -2.58. The molecular formula is C37H32O7. The van der Waals surface area contributed by atoms with Gasteiger partial charge in [-0.2, -0.15) is 0 Å². The van der Waals surface area contributed by atoms with Crippen molar-refractivity contribution in [1.82, 2.24) is 0 Å². The maximum absolute atomic E-state index is 14.4. The highest BCUT2D eigenvalue weighted by atomic mass is 16.6. The Bertz CT molecular complexity index is 1980. The molecule has 7 nitrogen and oxygen atoms in total. The van der Waals surface area contributed by atoms with Crippen LogP contribution in [0.3, 0.4) is 0 Å². The number of fused-ring (bicyclic) bond motifs is 19. The summed E-state index contributed by atoms with van der Waals surface area (Å²) in [4.78, 5) is 28.7. The van der Waals surface area contributed by atoms with Gasteiger partial charge >= 0.3 is 11.9 Å². The molecule has 3 fully saturated rings. The number of hydrogen-bond acceptors (Lipinski definition) is 7. The SMILES string of the molecule is COC(=O)[C@]12O[C@@](C(=O)OC)([C@H]3[C@@H]1[C@H]1C[C@@H]3c3c1c(OC)c1ccccc1c3OC)[C@H]1C=Cc3cc4ccccc4cc3[C@H]12. The van der Waals surface area contributed by atoms with Gasteiger partial charge in [0, 0.05) is 45.6 Å². The van der Waals surface area contributed by atoms with Gasteiger partial charge in [0.1, 0.15) is 11.5 Å². The van der Waals surface area contributed by atoms with E-state index in [2.05, 4.69) is 36.4 Å². The predicted molar refractivity (Wildman–Crippen MR) is 164 cm³/mol. The van der Waals surface area contributed by atoms with Gasteiger partial charge in [0.25, 0.3) is 0 Å². The minimum Gasteiger partial charge on any atom is -0.496 e. The Morgan fingerprint density at radius 1 is 0.750 bits per heavy atom. The van der Waals surface area contributed by atoms with Crippen LogP contribution in [0.4, 0.5) is 0 Å². The average molecular weight is 589 g/mol. The second kappa shape index (κ2) is 8.63. The van der Waals surface area contributed by atoms with Crippen LogP contribution < -0.4 is 9.47 Å². The Balaban J connectivity index is 1.36. The van der Waals surface area contributed by atoms with Crippen LogP contribution in [-0.4, -0.2) is 51.6 Å². The van der Waals surface area contributed by atoms with E-state index in [-0.39, 0.29) is 23.7 Å². The molecule has 3 aliphatic carbocycles. The maximum atomic E-state index is 14.4. The lowest BCUT2D eigenvalue weighted by molar-refractivity contribution is -0.183. The largest absolute Gasteiger partial charge is 0.496 e. The van der Waals surface area contributed by atoms with Crippen LogP contribution in [0.25, 0.3) is 27.6 Å². The molecule has 0 N–H and O–H groups in total. The van der Waals surface area contributed by atoms with Crippen molar-refractivity contribution in [2.75, 3.05) is 28.4 Å². The van der Waals surface area contributed by atoms with Crippen molar-refractivity contribution >= 4 is 39.6 Å². The molecule has 4 bridgehead atoms. The van der Waals surface area contributed by atoms with Crippen molar-refractivity contribution in [1.29, 1.82) is 0 Å². The van der Waals surface area contributed by atoms with E-state index in [0.29, 0.717) is 0 Å². The highest BCUT2D eigenvalue weighted by Crippen LogP contribution is 2.80. The molecule has 222 valence electrons. The predicted octanol–water partition coefficient (Wildman–Crippen LogP) is 6.12. The highest BCUT2D eigenvalue weighted by molar-refractivity contribution is 5.99. The van der Waals surface area contributed by atoms with E-state index >= 15 is 0 Å². The fraction of sp³-hybridized carbons (Fsp3) is 0.351. The fourth-order valence-corrected chi connectivity index (χ4v) is 10.4. The Labute approximate surface area is 254 Å². The summed E-state index contributed by atoms with van der Waals surface area (Å²) in [6.07, 6.45) is 4.91. The van der Waals surface area contributed by atoms with Gasteiger partial charge in [-0.05, 0) is 46.2 Å². The fourth-order valence-electron chi connectivity index (χ4n) is 10.4. The van der Waals surface area contributed by atoms with Gasteiger partial charge in [0.05, 0.1) is 28.4 Å². The molecule has 2 heterocycles. The van der Waals surface area contributed by atoms with Gasteiger partial charge in [-0.1, -0.05) is 66.7 Å². The van der Waals surface area contributed by atoms with Crippen LogP contribution in [0.2, 0.25) is 0 Å². The van der Waals surface area contributed by atoms with Crippen LogP contribution in [0, 0.1) is 17.8 Å². The smallest absolute Gasteiger partial charge is 0.339 e. The zero-order valence-electron chi connectivity index (χ0n) is 25.0. The van der Waals surface area contributed by atoms with Crippen LogP contribution in [0.1, 0.15) is 46.4 Å². The lowest BCUT2D eigenvalue weighted by Gasteiger charge is -2.48. The third-order valence-corrected chi connectivity index (χ3v) is 11.5. The summed E-state index contributed by atoms with van der Waals surface area (Å²) in [7, 11) is 6.22. The van der Waals surface area contributed by atoms with Crippen LogP contribution in [0.5, 0.6) is 11.5 Å². The molecule has 0 spiro atoms. The van der Waals surface area contributed by atoms with E-state index in [1.807, 2.05) is 36.4 Å². The number of carbonyl (C=O) groups excluding carboxylic acids is 2. The first-order valence-corrected chi connectivity index (χ1v) is 15.2. The second-order valence-electron chi connectivity index (χ2n) is 12.8. The molecule has 7 heteroatoms. The molecule has 44 heavy (non-hydrogen) atoms. The van der Waals surface area contributed by atoms with E-state index in [9.17, 15) is 9.59 Å². The molecule has 1 saturated carbocycles. The Morgan fingerprint density at radius 2 is 1.30 bits per heavy atom. The Hall–Kier alpha value is -4.36. The maximum Gasteiger partial charge on any atom is 0.339 e. The first kappa shape index (κ1) is 26.1. The van der Waals surface area contributed by atoms with Crippen molar-refractivity contribution in [3.63, 3.8) is 0 Å².